The van der Waals surface area contributed by atoms with Crippen molar-refractivity contribution >= 4 is 0 Å². The molecule has 5 fully saturated rings. The van der Waals surface area contributed by atoms with Gasteiger partial charge in [-0.15, -0.1) is 0 Å². The largest absolute Gasteiger partial charge is 0.394 e. The summed E-state index contributed by atoms with van der Waals surface area (Å²) in [4.78, 5) is 0. The van der Waals surface area contributed by atoms with Gasteiger partial charge in [-0.05, 0) is 0 Å². The summed E-state index contributed by atoms with van der Waals surface area (Å²) in [6.07, 6.45) is -35.5. The molecule has 0 aromatic heterocycles. The second kappa shape index (κ2) is 14.1. The van der Waals surface area contributed by atoms with Crippen molar-refractivity contribution in [1.29, 1.82) is 0 Å². The maximum Gasteiger partial charge on any atom is 0.187 e. The first-order chi connectivity index (χ1) is 20.9. The van der Waals surface area contributed by atoms with Crippen LogP contribution in [0.1, 0.15) is 0 Å². The van der Waals surface area contributed by atoms with E-state index in [2.05, 4.69) is 0 Å². The number of hydrogen-bond acceptors (Lipinski definition) is 20. The predicted molar refractivity (Wildman–Crippen MR) is 131 cm³/mol. The lowest BCUT2D eigenvalue weighted by Gasteiger charge is -2.51. The first-order valence-electron chi connectivity index (χ1n) is 14.1. The highest BCUT2D eigenvalue weighted by Gasteiger charge is 2.57. The van der Waals surface area contributed by atoms with Crippen LogP contribution in [0.5, 0.6) is 0 Å². The van der Waals surface area contributed by atoms with Gasteiger partial charge in [0.1, 0.15) is 97.7 Å². The molecule has 5 heterocycles. The Labute approximate surface area is 249 Å². The molecule has 0 amide bonds. The molecule has 5 aliphatic rings. The summed E-state index contributed by atoms with van der Waals surface area (Å²) in [5.41, 5.74) is 0. The van der Waals surface area contributed by atoms with Crippen LogP contribution in [0.4, 0.5) is 0 Å². The van der Waals surface area contributed by atoms with Crippen molar-refractivity contribution < 1.29 is 99.2 Å². The molecule has 20 heteroatoms. The van der Waals surface area contributed by atoms with Gasteiger partial charge in [-0.3, -0.25) is 0 Å². The topological polar surface area (TPSA) is 317 Å². The molecule has 0 aliphatic carbocycles. The summed E-state index contributed by atoms with van der Waals surface area (Å²) in [6, 6.07) is 0. The summed E-state index contributed by atoms with van der Waals surface area (Å²) in [5.74, 6) is 0. The third kappa shape index (κ3) is 6.25. The minimum Gasteiger partial charge on any atom is -0.394 e. The molecule has 256 valence electrons. The third-order valence-electron chi connectivity index (χ3n) is 8.46. The Morgan fingerprint density at radius 1 is 0.273 bits per heavy atom. The zero-order valence-electron chi connectivity index (χ0n) is 23.0. The fourth-order valence-electron chi connectivity index (χ4n) is 5.89. The highest BCUT2D eigenvalue weighted by Crippen LogP contribution is 2.37. The summed E-state index contributed by atoms with van der Waals surface area (Å²) in [7, 11) is 0. The van der Waals surface area contributed by atoms with Gasteiger partial charge in [0.05, 0.1) is 26.4 Å². The van der Waals surface area contributed by atoms with Crippen LogP contribution in [0.3, 0.4) is 0 Å². The van der Waals surface area contributed by atoms with E-state index in [-0.39, 0.29) is 0 Å². The molecular weight excluding hydrogens is 608 g/mol. The molecule has 0 saturated carbocycles. The lowest BCUT2D eigenvalue weighted by Crippen LogP contribution is -2.70. The van der Waals surface area contributed by atoms with E-state index >= 15 is 0 Å². The van der Waals surface area contributed by atoms with E-state index < -0.39 is 149 Å². The molecular formula is C24H40O20. The quantitative estimate of drug-likeness (QED) is 0.135. The van der Waals surface area contributed by atoms with Crippen molar-refractivity contribution in [2.45, 2.75) is 123 Å². The third-order valence-corrected chi connectivity index (χ3v) is 8.46. The Balaban J connectivity index is 1.59. The van der Waals surface area contributed by atoms with Crippen LogP contribution in [-0.4, -0.2) is 211 Å². The predicted octanol–water partition coefficient (Wildman–Crippen LogP) is -8.70. The molecule has 5 aliphatic heterocycles. The van der Waals surface area contributed by atoms with Crippen molar-refractivity contribution in [3.8, 4) is 0 Å². The van der Waals surface area contributed by atoms with Gasteiger partial charge < -0.3 is 99.2 Å². The molecule has 0 aromatic rings. The van der Waals surface area contributed by atoms with E-state index in [1.807, 2.05) is 0 Å². The summed E-state index contributed by atoms with van der Waals surface area (Å²) >= 11 is 0. The molecule has 20 atom stereocenters. The standard InChI is InChI=1S/C24H40O20/c25-1-5-10(30)14(34)20-23(39-5)42-18-12(32)8(4-28)37-21(16(18)36)41-17-11(31)7(3-27)38-22(15(17)35)43-19-13(33)9(29)6(2-26)40-24(19)44-20/h5-36H,1-4H2/t5-,6-,7-,8-,9-,10-,11-,12-,13+,14+,15+,16+,17+,18+,19+,20+,21-,22-,23-,24-/m1/s1. The number of fused-ring (bicyclic) bond motifs is 6. The highest BCUT2D eigenvalue weighted by molar-refractivity contribution is 4.99. The van der Waals surface area contributed by atoms with Gasteiger partial charge in [0.2, 0.25) is 0 Å². The fraction of sp³-hybridized carbons (Fsp3) is 1.00. The van der Waals surface area contributed by atoms with Crippen molar-refractivity contribution in [3.63, 3.8) is 0 Å². The molecule has 0 aromatic carbocycles. The fourth-order valence-corrected chi connectivity index (χ4v) is 5.89. The zero-order valence-corrected chi connectivity index (χ0v) is 23.0. The lowest BCUT2D eigenvalue weighted by molar-refractivity contribution is -0.418. The second-order valence-corrected chi connectivity index (χ2v) is 11.2. The Hall–Kier alpha value is -0.800. The Kier molecular flexibility index (Phi) is 11.1. The Bertz CT molecular complexity index is 932. The van der Waals surface area contributed by atoms with Crippen LogP contribution in [0.15, 0.2) is 0 Å². The number of rotatable bonds is 4. The van der Waals surface area contributed by atoms with E-state index in [4.69, 9.17) is 37.9 Å². The second-order valence-electron chi connectivity index (χ2n) is 11.2. The van der Waals surface area contributed by atoms with Crippen molar-refractivity contribution in [2.24, 2.45) is 0 Å². The summed E-state index contributed by atoms with van der Waals surface area (Å²) in [6.45, 7) is -3.36. The molecule has 20 nitrogen and oxygen atoms in total. The van der Waals surface area contributed by atoms with Gasteiger partial charge >= 0.3 is 0 Å². The van der Waals surface area contributed by atoms with Crippen LogP contribution in [0, 0.1) is 0 Å². The summed E-state index contributed by atoms with van der Waals surface area (Å²) in [5, 5.41) is 126. The van der Waals surface area contributed by atoms with Crippen molar-refractivity contribution in [2.75, 3.05) is 26.4 Å². The van der Waals surface area contributed by atoms with Gasteiger partial charge in [-0.25, -0.2) is 0 Å². The maximum atomic E-state index is 11.2. The van der Waals surface area contributed by atoms with E-state index in [1.54, 1.807) is 0 Å². The normalized spacial score (nSPS) is 55.4. The number of aliphatic hydroxyl groups excluding tert-OH is 12. The van der Waals surface area contributed by atoms with Crippen LogP contribution in [-0.2, 0) is 37.9 Å². The minimum atomic E-state index is -1.96. The summed E-state index contributed by atoms with van der Waals surface area (Å²) < 4.78 is 45.3. The molecule has 0 unspecified atom stereocenters. The SMILES string of the molecule is OC[C@H]1O[C@@H]2O[C@@H]3[C@@H](O[C@@H]4[C@H](O)[C@@H](O[C@@H]5[C@H](O)[C@@H](O[C@H]2[C@@H](O)[C@@H]1O)O[C@H](CO)[C@H]5O)O[C@H](CO)[C@H]4O)O[C@H](CO)[C@@H](O)[C@@H]3O. The minimum absolute atomic E-state index is 0.833. The molecule has 0 spiro atoms. The van der Waals surface area contributed by atoms with E-state index in [9.17, 15) is 61.3 Å². The molecule has 4 bridgehead atoms. The first kappa shape index (κ1) is 34.5. The molecule has 5 rings (SSSR count). The van der Waals surface area contributed by atoms with Gasteiger partial charge in [0.25, 0.3) is 0 Å². The number of hydrogen-bond donors (Lipinski definition) is 12. The van der Waals surface area contributed by atoms with E-state index in [0.29, 0.717) is 0 Å². The van der Waals surface area contributed by atoms with Gasteiger partial charge in [0.15, 0.2) is 25.2 Å². The van der Waals surface area contributed by atoms with Gasteiger partial charge in [-0.1, -0.05) is 0 Å². The van der Waals surface area contributed by atoms with Crippen LogP contribution < -0.4 is 0 Å². The monoisotopic (exact) mass is 648 g/mol. The maximum absolute atomic E-state index is 11.2. The number of ether oxygens (including phenoxy) is 8. The lowest BCUT2D eigenvalue weighted by atomic mass is 9.95. The molecule has 12 N–H and O–H groups in total. The van der Waals surface area contributed by atoms with Crippen molar-refractivity contribution in [1.82, 2.24) is 0 Å². The van der Waals surface area contributed by atoms with Crippen LogP contribution >= 0.6 is 0 Å². The van der Waals surface area contributed by atoms with Gasteiger partial charge in [0, 0.05) is 0 Å². The smallest absolute Gasteiger partial charge is 0.187 e. The van der Waals surface area contributed by atoms with Gasteiger partial charge in [-0.2, -0.15) is 0 Å². The Morgan fingerprint density at radius 3 is 0.909 bits per heavy atom. The average Bonchev–Trinajstić information content (AvgIpc) is 3.01. The number of aliphatic hydroxyl groups is 12. The zero-order chi connectivity index (χ0) is 32.0. The first-order valence-corrected chi connectivity index (χ1v) is 14.1. The van der Waals surface area contributed by atoms with Crippen molar-refractivity contribution in [3.05, 3.63) is 0 Å². The van der Waals surface area contributed by atoms with E-state index in [1.165, 1.54) is 0 Å². The van der Waals surface area contributed by atoms with Crippen LogP contribution in [0.2, 0.25) is 0 Å². The van der Waals surface area contributed by atoms with E-state index in [0.717, 1.165) is 0 Å². The molecule has 5 saturated heterocycles. The molecule has 44 heavy (non-hydrogen) atoms. The Morgan fingerprint density at radius 2 is 0.545 bits per heavy atom. The average molecular weight is 649 g/mol. The highest BCUT2D eigenvalue weighted by atomic mass is 16.8. The molecule has 0 radical (unpaired) electrons. The van der Waals surface area contributed by atoms with Crippen LogP contribution in [0.25, 0.3) is 0 Å².